The van der Waals surface area contributed by atoms with Gasteiger partial charge in [0.15, 0.2) is 23.3 Å². The molecule has 0 amide bonds. The second-order valence-corrected chi connectivity index (χ2v) is 4.89. The van der Waals surface area contributed by atoms with Crippen LogP contribution in [0, 0.1) is 17.5 Å². The van der Waals surface area contributed by atoms with Gasteiger partial charge in [0.25, 0.3) is 0 Å². The predicted octanol–water partition coefficient (Wildman–Crippen LogP) is 1.89. The number of aromatic nitrogens is 2. The number of anilines is 1. The van der Waals surface area contributed by atoms with Crippen LogP contribution < -0.4 is 5.32 Å². The smallest absolute Gasteiger partial charge is 0.194 e. The second-order valence-electron chi connectivity index (χ2n) is 4.89. The van der Waals surface area contributed by atoms with E-state index < -0.39 is 30.2 Å². The molecule has 0 aliphatic heterocycles. The fourth-order valence-electron chi connectivity index (χ4n) is 1.87. The van der Waals surface area contributed by atoms with Gasteiger partial charge < -0.3 is 15.5 Å². The molecular weight excluding hydrogens is 311 g/mol. The molecule has 8 heteroatoms. The zero-order valence-electron chi connectivity index (χ0n) is 12.4. The van der Waals surface area contributed by atoms with E-state index in [9.17, 15) is 18.3 Å². The molecule has 1 heterocycles. The van der Waals surface area contributed by atoms with Crippen LogP contribution in [0.1, 0.15) is 12.6 Å². The van der Waals surface area contributed by atoms with E-state index in [1.165, 1.54) is 0 Å². The van der Waals surface area contributed by atoms with Crippen molar-refractivity contribution in [1.82, 2.24) is 9.97 Å². The fourth-order valence-corrected chi connectivity index (χ4v) is 1.87. The van der Waals surface area contributed by atoms with Crippen LogP contribution in [0.3, 0.4) is 0 Å². The first kappa shape index (κ1) is 17.2. The molecule has 0 fully saturated rings. The summed E-state index contributed by atoms with van der Waals surface area (Å²) in [6.07, 6.45) is -0.432. The van der Waals surface area contributed by atoms with Crippen LogP contribution in [0.2, 0.25) is 0 Å². The monoisotopic (exact) mass is 327 g/mol. The van der Waals surface area contributed by atoms with Crippen molar-refractivity contribution in [1.29, 1.82) is 0 Å². The SMILES string of the molecule is CCc1cc(NC[C@@H](O)CO)nc(-c2cc(F)c(F)c(F)c2)n1. The van der Waals surface area contributed by atoms with Crippen molar-refractivity contribution in [2.24, 2.45) is 0 Å². The number of aliphatic hydroxyl groups excluding tert-OH is 2. The summed E-state index contributed by atoms with van der Waals surface area (Å²) in [6, 6.07) is 3.25. The molecule has 2 rings (SSSR count). The van der Waals surface area contributed by atoms with E-state index >= 15 is 0 Å². The number of hydrogen-bond acceptors (Lipinski definition) is 5. The number of nitrogens with zero attached hydrogens (tertiary/aromatic N) is 2. The molecule has 0 radical (unpaired) electrons. The van der Waals surface area contributed by atoms with Gasteiger partial charge in [0.05, 0.1) is 12.7 Å². The molecule has 0 bridgehead atoms. The number of aliphatic hydroxyl groups is 2. The number of nitrogens with one attached hydrogen (secondary N) is 1. The largest absolute Gasteiger partial charge is 0.394 e. The Kier molecular flexibility index (Phi) is 5.51. The molecule has 1 aromatic heterocycles. The van der Waals surface area contributed by atoms with Gasteiger partial charge >= 0.3 is 0 Å². The Morgan fingerprint density at radius 1 is 1.13 bits per heavy atom. The Bertz CT molecular complexity index is 675. The average Bonchev–Trinajstić information content (AvgIpc) is 2.56. The minimum Gasteiger partial charge on any atom is -0.394 e. The molecule has 1 atom stereocenters. The summed E-state index contributed by atoms with van der Waals surface area (Å²) in [6.45, 7) is 1.46. The van der Waals surface area contributed by atoms with E-state index in [-0.39, 0.29) is 17.9 Å². The first-order valence-corrected chi connectivity index (χ1v) is 7.00. The van der Waals surface area contributed by atoms with Crippen LogP contribution in [0.5, 0.6) is 0 Å². The maximum atomic E-state index is 13.4. The lowest BCUT2D eigenvalue weighted by molar-refractivity contribution is 0.105. The summed E-state index contributed by atoms with van der Waals surface area (Å²) in [7, 11) is 0. The van der Waals surface area contributed by atoms with Crippen LogP contribution in [0.25, 0.3) is 11.4 Å². The van der Waals surface area contributed by atoms with Crippen molar-refractivity contribution in [3.63, 3.8) is 0 Å². The Balaban J connectivity index is 2.38. The average molecular weight is 327 g/mol. The van der Waals surface area contributed by atoms with Crippen LogP contribution in [0.4, 0.5) is 19.0 Å². The van der Waals surface area contributed by atoms with Crippen molar-refractivity contribution in [3.8, 4) is 11.4 Å². The van der Waals surface area contributed by atoms with Crippen LogP contribution in [-0.2, 0) is 6.42 Å². The molecule has 0 unspecified atom stereocenters. The number of halogens is 3. The lowest BCUT2D eigenvalue weighted by Gasteiger charge is -2.12. The quantitative estimate of drug-likeness (QED) is 0.706. The summed E-state index contributed by atoms with van der Waals surface area (Å²) in [4.78, 5) is 8.26. The summed E-state index contributed by atoms with van der Waals surface area (Å²) in [5, 5.41) is 20.9. The fraction of sp³-hybridized carbons (Fsp3) is 0.333. The highest BCUT2D eigenvalue weighted by molar-refractivity contribution is 5.58. The Morgan fingerprint density at radius 3 is 2.35 bits per heavy atom. The van der Waals surface area contributed by atoms with E-state index in [1.807, 2.05) is 6.92 Å². The van der Waals surface area contributed by atoms with Crippen molar-refractivity contribution in [2.75, 3.05) is 18.5 Å². The van der Waals surface area contributed by atoms with Gasteiger partial charge in [-0.1, -0.05) is 6.92 Å². The van der Waals surface area contributed by atoms with Gasteiger partial charge in [-0.2, -0.15) is 0 Å². The molecule has 0 aliphatic carbocycles. The minimum atomic E-state index is -1.55. The summed E-state index contributed by atoms with van der Waals surface area (Å²) >= 11 is 0. The van der Waals surface area contributed by atoms with Crippen LogP contribution in [0.15, 0.2) is 18.2 Å². The number of rotatable bonds is 6. The van der Waals surface area contributed by atoms with E-state index in [2.05, 4.69) is 15.3 Å². The molecular formula is C15H16F3N3O2. The van der Waals surface area contributed by atoms with Crippen molar-refractivity contribution in [3.05, 3.63) is 41.3 Å². The Hall–Kier alpha value is -2.19. The minimum absolute atomic E-state index is 0.00227. The molecule has 0 saturated heterocycles. The highest BCUT2D eigenvalue weighted by Gasteiger charge is 2.14. The van der Waals surface area contributed by atoms with Gasteiger partial charge in [0, 0.05) is 23.9 Å². The maximum Gasteiger partial charge on any atom is 0.194 e. The number of hydrogen-bond donors (Lipinski definition) is 3. The van der Waals surface area contributed by atoms with Crippen molar-refractivity contribution < 1.29 is 23.4 Å². The topological polar surface area (TPSA) is 78.3 Å². The molecule has 0 spiro atoms. The molecule has 1 aromatic carbocycles. The first-order valence-electron chi connectivity index (χ1n) is 7.00. The van der Waals surface area contributed by atoms with Gasteiger partial charge in [0.1, 0.15) is 5.82 Å². The standard InChI is InChI=1S/C15H16F3N3O2/c1-2-9-5-13(19-6-10(23)7-22)21-15(20-9)8-3-11(16)14(18)12(17)4-8/h3-5,10,22-23H,2,6-7H2,1H3,(H,19,20,21)/t10-/m1/s1. The molecule has 3 N–H and O–H groups in total. The van der Waals surface area contributed by atoms with E-state index in [0.29, 0.717) is 17.9 Å². The summed E-state index contributed by atoms with van der Waals surface area (Å²) in [5.74, 6) is -3.84. The lowest BCUT2D eigenvalue weighted by atomic mass is 10.2. The van der Waals surface area contributed by atoms with Gasteiger partial charge in [-0.3, -0.25) is 0 Å². The lowest BCUT2D eigenvalue weighted by Crippen LogP contribution is -2.23. The van der Waals surface area contributed by atoms with Crippen LogP contribution >= 0.6 is 0 Å². The highest BCUT2D eigenvalue weighted by Crippen LogP contribution is 2.22. The maximum absolute atomic E-state index is 13.4. The molecule has 2 aromatic rings. The third kappa shape index (κ3) is 4.17. The summed E-state index contributed by atoms with van der Waals surface area (Å²) in [5.41, 5.74) is 0.601. The zero-order valence-corrected chi connectivity index (χ0v) is 12.4. The van der Waals surface area contributed by atoms with Crippen molar-refractivity contribution in [2.45, 2.75) is 19.4 Å². The molecule has 23 heavy (non-hydrogen) atoms. The van der Waals surface area contributed by atoms with Gasteiger partial charge in [-0.25, -0.2) is 23.1 Å². The third-order valence-corrected chi connectivity index (χ3v) is 3.11. The van der Waals surface area contributed by atoms with Gasteiger partial charge in [0.2, 0.25) is 0 Å². The number of benzene rings is 1. The van der Waals surface area contributed by atoms with Crippen LogP contribution in [-0.4, -0.2) is 39.4 Å². The molecule has 5 nitrogen and oxygen atoms in total. The zero-order chi connectivity index (χ0) is 17.0. The normalized spacial score (nSPS) is 12.3. The summed E-state index contributed by atoms with van der Waals surface area (Å²) < 4.78 is 39.8. The van der Waals surface area contributed by atoms with Crippen molar-refractivity contribution >= 4 is 5.82 Å². The molecule has 0 aliphatic rings. The Labute approximate surface area is 130 Å². The second kappa shape index (κ2) is 7.38. The van der Waals surface area contributed by atoms with Gasteiger partial charge in [-0.15, -0.1) is 0 Å². The predicted molar refractivity (Wildman–Crippen MR) is 78.3 cm³/mol. The van der Waals surface area contributed by atoms with E-state index in [1.54, 1.807) is 6.07 Å². The van der Waals surface area contributed by atoms with Gasteiger partial charge in [-0.05, 0) is 18.6 Å². The number of aryl methyl sites for hydroxylation is 1. The van der Waals surface area contributed by atoms with E-state index in [0.717, 1.165) is 12.1 Å². The third-order valence-electron chi connectivity index (χ3n) is 3.11. The molecule has 124 valence electrons. The Morgan fingerprint density at radius 2 is 1.78 bits per heavy atom. The molecule has 0 saturated carbocycles. The first-order chi connectivity index (χ1) is 10.9. The highest BCUT2D eigenvalue weighted by atomic mass is 19.2. The van der Waals surface area contributed by atoms with E-state index in [4.69, 9.17) is 5.11 Å².